The number of carbonyl (C=O) groups is 1. The quantitative estimate of drug-likeness (QED) is 0.732. The standard InChI is InChI=1S/C17H20F3N5O2S/c1-12-2-4-13(5-3-12)21-14(26)10-28-16-23-22-15(24-6-8-27-9-7-24)25(16)11-17(18,19)20/h2-5H,6-11H2,1H3,(H,21,26). The molecule has 1 amide bonds. The topological polar surface area (TPSA) is 72.3 Å². The first-order valence-corrected chi connectivity index (χ1v) is 9.62. The first-order chi connectivity index (χ1) is 13.3. The largest absolute Gasteiger partial charge is 0.406 e. The van der Waals surface area contributed by atoms with E-state index in [2.05, 4.69) is 15.5 Å². The number of amides is 1. The van der Waals surface area contributed by atoms with Crippen LogP contribution in [-0.2, 0) is 16.1 Å². The second kappa shape index (κ2) is 8.82. The summed E-state index contributed by atoms with van der Waals surface area (Å²) in [7, 11) is 0. The van der Waals surface area contributed by atoms with Gasteiger partial charge in [0.05, 0.1) is 19.0 Å². The number of ether oxygens (including phenoxy) is 1. The molecule has 0 aliphatic carbocycles. The number of alkyl halides is 3. The van der Waals surface area contributed by atoms with E-state index in [0.29, 0.717) is 32.0 Å². The van der Waals surface area contributed by atoms with Crippen LogP contribution in [0.3, 0.4) is 0 Å². The van der Waals surface area contributed by atoms with Crippen molar-refractivity contribution < 1.29 is 22.7 Å². The Morgan fingerprint density at radius 2 is 1.89 bits per heavy atom. The number of halogens is 3. The van der Waals surface area contributed by atoms with Crippen LogP contribution < -0.4 is 10.2 Å². The van der Waals surface area contributed by atoms with Gasteiger partial charge in [0.15, 0.2) is 5.16 Å². The predicted molar refractivity (Wildman–Crippen MR) is 99.6 cm³/mol. The summed E-state index contributed by atoms with van der Waals surface area (Å²) < 4.78 is 45.4. The number of morpholine rings is 1. The van der Waals surface area contributed by atoms with E-state index in [9.17, 15) is 18.0 Å². The minimum Gasteiger partial charge on any atom is -0.378 e. The molecule has 152 valence electrons. The van der Waals surface area contributed by atoms with Crippen LogP contribution in [0.1, 0.15) is 5.56 Å². The Kier molecular flexibility index (Phi) is 6.45. The molecular formula is C17H20F3N5O2S. The van der Waals surface area contributed by atoms with E-state index in [1.807, 2.05) is 19.1 Å². The second-order valence-corrected chi connectivity index (χ2v) is 7.23. The Morgan fingerprint density at radius 1 is 1.21 bits per heavy atom. The van der Waals surface area contributed by atoms with Crippen molar-refractivity contribution in [2.75, 3.05) is 42.3 Å². The van der Waals surface area contributed by atoms with Gasteiger partial charge < -0.3 is 15.0 Å². The highest BCUT2D eigenvalue weighted by atomic mass is 32.2. The maximum atomic E-state index is 13.1. The van der Waals surface area contributed by atoms with Crippen molar-refractivity contribution in [3.63, 3.8) is 0 Å². The normalized spacial score (nSPS) is 14.9. The van der Waals surface area contributed by atoms with Gasteiger partial charge in [-0.25, -0.2) is 0 Å². The van der Waals surface area contributed by atoms with Crippen LogP contribution in [0, 0.1) is 6.92 Å². The summed E-state index contributed by atoms with van der Waals surface area (Å²) in [5, 5.41) is 10.6. The van der Waals surface area contributed by atoms with E-state index in [4.69, 9.17) is 4.74 Å². The summed E-state index contributed by atoms with van der Waals surface area (Å²) in [6, 6.07) is 7.25. The molecule has 0 bridgehead atoms. The van der Waals surface area contributed by atoms with Crippen LogP contribution in [-0.4, -0.2) is 58.9 Å². The first-order valence-electron chi connectivity index (χ1n) is 8.64. The van der Waals surface area contributed by atoms with Crippen molar-refractivity contribution >= 4 is 29.3 Å². The van der Waals surface area contributed by atoms with Crippen LogP contribution in [0.4, 0.5) is 24.8 Å². The number of benzene rings is 1. The lowest BCUT2D eigenvalue weighted by atomic mass is 10.2. The molecule has 7 nitrogen and oxygen atoms in total. The number of thioether (sulfide) groups is 1. The average molecular weight is 415 g/mol. The molecule has 2 aromatic rings. The number of hydrogen-bond acceptors (Lipinski definition) is 6. The Morgan fingerprint density at radius 3 is 2.54 bits per heavy atom. The molecule has 0 spiro atoms. The molecule has 1 saturated heterocycles. The number of aromatic nitrogens is 3. The molecule has 1 fully saturated rings. The lowest BCUT2D eigenvalue weighted by Gasteiger charge is -2.28. The fraction of sp³-hybridized carbons (Fsp3) is 0.471. The number of nitrogens with one attached hydrogen (secondary N) is 1. The zero-order valence-corrected chi connectivity index (χ0v) is 16.0. The maximum absolute atomic E-state index is 13.1. The molecule has 0 radical (unpaired) electrons. The molecule has 28 heavy (non-hydrogen) atoms. The number of rotatable bonds is 6. The summed E-state index contributed by atoms with van der Waals surface area (Å²) in [6.45, 7) is 2.43. The Labute approximate surface area is 164 Å². The molecule has 1 aliphatic rings. The summed E-state index contributed by atoms with van der Waals surface area (Å²) >= 11 is 0.922. The number of nitrogens with zero attached hydrogens (tertiary/aromatic N) is 4. The minimum absolute atomic E-state index is 0.0536. The lowest BCUT2D eigenvalue weighted by molar-refractivity contribution is -0.141. The van der Waals surface area contributed by atoms with E-state index >= 15 is 0 Å². The fourth-order valence-electron chi connectivity index (χ4n) is 2.67. The molecule has 1 N–H and O–H groups in total. The Bertz CT molecular complexity index is 804. The molecule has 11 heteroatoms. The zero-order valence-electron chi connectivity index (χ0n) is 15.2. The summed E-state index contributed by atoms with van der Waals surface area (Å²) in [5.74, 6) is -0.266. The molecule has 1 aliphatic heterocycles. The Hall–Kier alpha value is -2.27. The van der Waals surface area contributed by atoms with Gasteiger partial charge in [-0.15, -0.1) is 10.2 Å². The van der Waals surface area contributed by atoms with Crippen LogP contribution in [0.5, 0.6) is 0 Å². The van der Waals surface area contributed by atoms with Crippen LogP contribution in [0.15, 0.2) is 29.4 Å². The second-order valence-electron chi connectivity index (χ2n) is 6.29. The number of aryl methyl sites for hydroxylation is 1. The van der Waals surface area contributed by atoms with Gasteiger partial charge in [0, 0.05) is 18.8 Å². The molecule has 1 aromatic carbocycles. The van der Waals surface area contributed by atoms with Gasteiger partial charge >= 0.3 is 6.18 Å². The number of anilines is 2. The monoisotopic (exact) mass is 415 g/mol. The molecule has 0 atom stereocenters. The van der Waals surface area contributed by atoms with Gasteiger partial charge in [-0.3, -0.25) is 9.36 Å². The van der Waals surface area contributed by atoms with Crippen LogP contribution >= 0.6 is 11.8 Å². The van der Waals surface area contributed by atoms with E-state index in [1.54, 1.807) is 17.0 Å². The Balaban J connectivity index is 1.68. The third kappa shape index (κ3) is 5.61. The molecule has 0 saturated carbocycles. The SMILES string of the molecule is Cc1ccc(NC(=O)CSc2nnc(N3CCOCC3)n2CC(F)(F)F)cc1. The zero-order chi connectivity index (χ0) is 20.1. The van der Waals surface area contributed by atoms with E-state index in [0.717, 1.165) is 21.9 Å². The molecule has 2 heterocycles. The summed E-state index contributed by atoms with van der Waals surface area (Å²) in [6.07, 6.45) is -4.43. The summed E-state index contributed by atoms with van der Waals surface area (Å²) in [5.41, 5.74) is 1.69. The minimum atomic E-state index is -4.43. The van der Waals surface area contributed by atoms with Crippen molar-refractivity contribution in [2.24, 2.45) is 0 Å². The van der Waals surface area contributed by atoms with Gasteiger partial charge in [0.1, 0.15) is 6.54 Å². The van der Waals surface area contributed by atoms with Crippen molar-refractivity contribution in [1.29, 1.82) is 0 Å². The maximum Gasteiger partial charge on any atom is 0.406 e. The van der Waals surface area contributed by atoms with E-state index in [1.165, 1.54) is 0 Å². The highest BCUT2D eigenvalue weighted by Gasteiger charge is 2.33. The predicted octanol–water partition coefficient (Wildman–Crippen LogP) is 2.72. The molecular weight excluding hydrogens is 395 g/mol. The van der Waals surface area contributed by atoms with Gasteiger partial charge in [0.2, 0.25) is 11.9 Å². The molecule has 0 unspecified atom stereocenters. The van der Waals surface area contributed by atoms with Gasteiger partial charge in [-0.2, -0.15) is 13.2 Å². The highest BCUT2D eigenvalue weighted by molar-refractivity contribution is 7.99. The third-order valence-electron chi connectivity index (χ3n) is 4.00. The van der Waals surface area contributed by atoms with Crippen LogP contribution in [0.2, 0.25) is 0 Å². The number of carbonyl (C=O) groups excluding carboxylic acids is 1. The smallest absolute Gasteiger partial charge is 0.378 e. The highest BCUT2D eigenvalue weighted by Crippen LogP contribution is 2.28. The van der Waals surface area contributed by atoms with E-state index < -0.39 is 12.7 Å². The van der Waals surface area contributed by atoms with Crippen molar-refractivity contribution in [2.45, 2.75) is 24.8 Å². The lowest BCUT2D eigenvalue weighted by Crippen LogP contribution is -2.38. The van der Waals surface area contributed by atoms with E-state index in [-0.39, 0.29) is 22.8 Å². The van der Waals surface area contributed by atoms with Crippen molar-refractivity contribution in [1.82, 2.24) is 14.8 Å². The third-order valence-corrected chi connectivity index (χ3v) is 4.96. The van der Waals surface area contributed by atoms with Crippen molar-refractivity contribution in [3.05, 3.63) is 29.8 Å². The van der Waals surface area contributed by atoms with Crippen molar-refractivity contribution in [3.8, 4) is 0 Å². The summed E-state index contributed by atoms with van der Waals surface area (Å²) in [4.78, 5) is 13.8. The fourth-order valence-corrected chi connectivity index (χ4v) is 3.40. The van der Waals surface area contributed by atoms with Gasteiger partial charge in [-0.1, -0.05) is 29.5 Å². The van der Waals surface area contributed by atoms with Gasteiger partial charge in [-0.05, 0) is 19.1 Å². The number of hydrogen-bond donors (Lipinski definition) is 1. The molecule has 1 aromatic heterocycles. The average Bonchev–Trinajstić information content (AvgIpc) is 3.03. The molecule has 3 rings (SSSR count). The van der Waals surface area contributed by atoms with Gasteiger partial charge in [0.25, 0.3) is 0 Å². The van der Waals surface area contributed by atoms with Crippen LogP contribution in [0.25, 0.3) is 0 Å². The first kappa shape index (κ1) is 20.5.